The van der Waals surface area contributed by atoms with Crippen LogP contribution >= 0.6 is 11.3 Å². The fraction of sp³-hybridized carbons (Fsp3) is 0.0769. The summed E-state index contributed by atoms with van der Waals surface area (Å²) in [7, 11) is 0. The molecule has 0 aliphatic carbocycles. The topological polar surface area (TPSA) is 93.5 Å². The first kappa shape index (κ1) is 12.5. The molecule has 0 spiro atoms. The molecule has 1 aromatic carbocycles. The summed E-state index contributed by atoms with van der Waals surface area (Å²) >= 11 is 1.34. The number of carbonyl (C=O) groups is 2. The van der Waals surface area contributed by atoms with Gasteiger partial charge in [-0.1, -0.05) is 6.07 Å². The van der Waals surface area contributed by atoms with Gasteiger partial charge in [0.25, 0.3) is 11.8 Å². The Hall–Kier alpha value is -2.54. The molecule has 0 saturated carbocycles. The average molecular weight is 289 g/mol. The first-order valence-corrected chi connectivity index (χ1v) is 6.72. The lowest BCUT2D eigenvalue weighted by atomic mass is 10.2. The number of nitrogen functional groups attached to an aromatic ring is 1. The molecule has 2 amide bonds. The lowest BCUT2D eigenvalue weighted by molar-refractivity contribution is -0.118. The third-order valence-corrected chi connectivity index (χ3v) is 3.65. The summed E-state index contributed by atoms with van der Waals surface area (Å²) < 4.78 is 5.25. The summed E-state index contributed by atoms with van der Waals surface area (Å²) in [6, 6.07) is 6.69. The van der Waals surface area contributed by atoms with E-state index in [1.54, 1.807) is 24.3 Å². The number of hydrogen-bond acceptors (Lipinski definition) is 5. The van der Waals surface area contributed by atoms with Crippen molar-refractivity contribution in [1.29, 1.82) is 0 Å². The Morgan fingerprint density at radius 3 is 3.05 bits per heavy atom. The van der Waals surface area contributed by atoms with Gasteiger partial charge in [0.2, 0.25) is 0 Å². The molecule has 4 N–H and O–H groups in total. The molecule has 1 aliphatic rings. The van der Waals surface area contributed by atoms with E-state index in [1.165, 1.54) is 11.3 Å². The number of fused-ring (bicyclic) bond motifs is 1. The molecule has 6 nitrogen and oxygen atoms in total. The maximum Gasteiger partial charge on any atom is 0.265 e. The Bertz CT molecular complexity index is 682. The van der Waals surface area contributed by atoms with E-state index >= 15 is 0 Å². The van der Waals surface area contributed by atoms with Crippen molar-refractivity contribution in [3.63, 3.8) is 0 Å². The highest BCUT2D eigenvalue weighted by atomic mass is 32.1. The molecule has 0 fully saturated rings. The Kier molecular flexibility index (Phi) is 3.03. The molecule has 0 saturated heterocycles. The third kappa shape index (κ3) is 2.30. The number of anilines is 3. The molecule has 0 atom stereocenters. The Balaban J connectivity index is 1.88. The largest absolute Gasteiger partial charge is 0.482 e. The second-order valence-corrected chi connectivity index (χ2v) is 5.15. The van der Waals surface area contributed by atoms with E-state index in [2.05, 4.69) is 10.6 Å². The van der Waals surface area contributed by atoms with E-state index in [-0.39, 0.29) is 18.4 Å². The number of ether oxygens (including phenoxy) is 1. The Morgan fingerprint density at radius 1 is 1.45 bits per heavy atom. The van der Waals surface area contributed by atoms with Gasteiger partial charge < -0.3 is 21.1 Å². The Labute approximate surface area is 118 Å². The maximum absolute atomic E-state index is 12.0. The van der Waals surface area contributed by atoms with Gasteiger partial charge in [-0.2, -0.15) is 0 Å². The molecular formula is C13H11N3O3S. The highest BCUT2D eigenvalue weighted by molar-refractivity contribution is 7.12. The fourth-order valence-corrected chi connectivity index (χ4v) is 2.46. The van der Waals surface area contributed by atoms with Crippen molar-refractivity contribution in [2.45, 2.75) is 0 Å². The van der Waals surface area contributed by atoms with Crippen molar-refractivity contribution in [3.8, 4) is 5.75 Å². The van der Waals surface area contributed by atoms with Crippen LogP contribution in [0.25, 0.3) is 0 Å². The summed E-state index contributed by atoms with van der Waals surface area (Å²) in [4.78, 5) is 23.8. The van der Waals surface area contributed by atoms with Crippen molar-refractivity contribution in [2.75, 3.05) is 23.0 Å². The predicted molar refractivity (Wildman–Crippen MR) is 77.3 cm³/mol. The summed E-state index contributed by atoms with van der Waals surface area (Å²) in [6.07, 6.45) is 0. The first-order chi connectivity index (χ1) is 9.63. The van der Waals surface area contributed by atoms with Gasteiger partial charge in [-0.3, -0.25) is 9.59 Å². The molecule has 1 aliphatic heterocycles. The lowest BCUT2D eigenvalue weighted by Gasteiger charge is -2.20. The van der Waals surface area contributed by atoms with E-state index in [1.807, 2.05) is 5.38 Å². The van der Waals surface area contributed by atoms with Crippen LogP contribution in [0.1, 0.15) is 9.67 Å². The quantitative estimate of drug-likeness (QED) is 0.736. The van der Waals surface area contributed by atoms with E-state index in [9.17, 15) is 9.59 Å². The number of amides is 2. The van der Waals surface area contributed by atoms with Crippen LogP contribution in [0.3, 0.4) is 0 Å². The smallest absolute Gasteiger partial charge is 0.265 e. The van der Waals surface area contributed by atoms with Gasteiger partial charge >= 0.3 is 0 Å². The number of hydrogen-bond donors (Lipinski definition) is 3. The van der Waals surface area contributed by atoms with Crippen LogP contribution in [0.4, 0.5) is 17.1 Å². The van der Waals surface area contributed by atoms with E-state index in [0.717, 1.165) is 0 Å². The second kappa shape index (κ2) is 4.86. The summed E-state index contributed by atoms with van der Waals surface area (Å²) in [5.41, 5.74) is 7.19. The zero-order valence-corrected chi connectivity index (χ0v) is 11.1. The van der Waals surface area contributed by atoms with Gasteiger partial charge in [0.05, 0.1) is 21.9 Å². The van der Waals surface area contributed by atoms with E-state index < -0.39 is 0 Å². The van der Waals surface area contributed by atoms with Crippen LogP contribution in [0, 0.1) is 0 Å². The number of nitrogens with one attached hydrogen (secondary N) is 2. The van der Waals surface area contributed by atoms with Crippen molar-refractivity contribution in [1.82, 2.24) is 0 Å². The van der Waals surface area contributed by atoms with Gasteiger partial charge in [0.15, 0.2) is 6.61 Å². The van der Waals surface area contributed by atoms with Crippen LogP contribution in [0.2, 0.25) is 0 Å². The van der Waals surface area contributed by atoms with Crippen LogP contribution in [-0.4, -0.2) is 18.4 Å². The Morgan fingerprint density at radius 2 is 2.30 bits per heavy atom. The molecule has 0 bridgehead atoms. The highest BCUT2D eigenvalue weighted by Gasteiger charge is 2.19. The monoisotopic (exact) mass is 289 g/mol. The molecule has 102 valence electrons. The van der Waals surface area contributed by atoms with Crippen LogP contribution in [0.5, 0.6) is 5.75 Å². The zero-order valence-electron chi connectivity index (χ0n) is 10.3. The number of thiophene rings is 1. The average Bonchev–Trinajstić information content (AvgIpc) is 2.94. The van der Waals surface area contributed by atoms with Crippen molar-refractivity contribution in [2.24, 2.45) is 0 Å². The molecule has 0 radical (unpaired) electrons. The summed E-state index contributed by atoms with van der Waals surface area (Å²) in [5.74, 6) is 0.0173. The predicted octanol–water partition coefficient (Wildman–Crippen LogP) is 1.91. The van der Waals surface area contributed by atoms with Gasteiger partial charge in [-0.25, -0.2) is 0 Å². The lowest BCUT2D eigenvalue weighted by Crippen LogP contribution is -2.25. The zero-order chi connectivity index (χ0) is 14.1. The van der Waals surface area contributed by atoms with Crippen molar-refractivity contribution < 1.29 is 14.3 Å². The molecule has 1 aromatic heterocycles. The minimum atomic E-state index is -0.241. The molecular weight excluding hydrogens is 278 g/mol. The van der Waals surface area contributed by atoms with Crippen molar-refractivity contribution >= 4 is 40.2 Å². The standard InChI is InChI=1S/C13H11N3O3S/c14-7-4-10-9(15-12(17)6-19-10)5-8(7)16-13(18)11-2-1-3-20-11/h1-5H,6,14H2,(H,15,17)(H,16,18). The molecule has 0 unspecified atom stereocenters. The number of nitrogens with two attached hydrogens (primary N) is 1. The SMILES string of the molecule is Nc1cc2c(cc1NC(=O)c1cccs1)NC(=O)CO2. The summed E-state index contributed by atoms with van der Waals surface area (Å²) in [5, 5.41) is 7.20. The van der Waals surface area contributed by atoms with Crippen LogP contribution in [-0.2, 0) is 4.79 Å². The minimum absolute atomic E-state index is 0.0344. The highest BCUT2D eigenvalue weighted by Crippen LogP contribution is 2.35. The maximum atomic E-state index is 12.0. The van der Waals surface area contributed by atoms with E-state index in [4.69, 9.17) is 10.5 Å². The van der Waals surface area contributed by atoms with Gasteiger partial charge in [-0.15, -0.1) is 11.3 Å². The minimum Gasteiger partial charge on any atom is -0.482 e. The third-order valence-electron chi connectivity index (χ3n) is 2.78. The number of benzene rings is 1. The molecule has 2 aromatic rings. The van der Waals surface area contributed by atoms with Gasteiger partial charge in [-0.05, 0) is 17.5 Å². The normalized spacial score (nSPS) is 13.1. The van der Waals surface area contributed by atoms with E-state index in [0.29, 0.717) is 27.7 Å². The molecule has 7 heteroatoms. The van der Waals surface area contributed by atoms with Crippen LogP contribution < -0.4 is 21.1 Å². The number of rotatable bonds is 2. The molecule has 20 heavy (non-hydrogen) atoms. The van der Waals surface area contributed by atoms with Gasteiger partial charge in [0.1, 0.15) is 5.75 Å². The molecule has 3 rings (SSSR count). The fourth-order valence-electron chi connectivity index (χ4n) is 1.84. The number of carbonyl (C=O) groups excluding carboxylic acids is 2. The van der Waals surface area contributed by atoms with Crippen LogP contribution in [0.15, 0.2) is 29.6 Å². The summed E-state index contributed by atoms with van der Waals surface area (Å²) in [6.45, 7) is -0.0344. The van der Waals surface area contributed by atoms with Crippen molar-refractivity contribution in [3.05, 3.63) is 34.5 Å². The van der Waals surface area contributed by atoms with Gasteiger partial charge in [0, 0.05) is 6.07 Å². The first-order valence-electron chi connectivity index (χ1n) is 5.84. The molecule has 2 heterocycles. The second-order valence-electron chi connectivity index (χ2n) is 4.20.